The van der Waals surface area contributed by atoms with Crippen LogP contribution < -0.4 is 11.1 Å². The Morgan fingerprint density at radius 1 is 1.33 bits per heavy atom. The summed E-state index contributed by atoms with van der Waals surface area (Å²) < 4.78 is 0. The third kappa shape index (κ3) is 4.95. The van der Waals surface area contributed by atoms with Crippen molar-refractivity contribution in [2.75, 3.05) is 11.5 Å². The summed E-state index contributed by atoms with van der Waals surface area (Å²) in [5, 5.41) is 4.69. The van der Waals surface area contributed by atoms with Gasteiger partial charge in [-0.05, 0) is 56.1 Å². The molecule has 0 saturated heterocycles. The van der Waals surface area contributed by atoms with Crippen LogP contribution in [-0.2, 0) is 24.1 Å². The van der Waals surface area contributed by atoms with E-state index < -0.39 is 0 Å². The van der Waals surface area contributed by atoms with Crippen molar-refractivity contribution in [2.24, 2.45) is 5.92 Å². The molecule has 1 aliphatic rings. The Morgan fingerprint density at radius 2 is 2.13 bits per heavy atom. The van der Waals surface area contributed by atoms with Gasteiger partial charge >= 0.3 is 0 Å². The van der Waals surface area contributed by atoms with Crippen LogP contribution in [0.3, 0.4) is 0 Å². The molecule has 0 aliphatic heterocycles. The number of hydrogen-bond donors (Lipinski definition) is 2. The molecule has 0 fully saturated rings. The van der Waals surface area contributed by atoms with Crippen molar-refractivity contribution in [2.45, 2.75) is 57.1 Å². The molecule has 1 aromatic carbocycles. The first kappa shape index (κ1) is 21.1. The fourth-order valence-corrected chi connectivity index (χ4v) is 6.07. The minimum atomic E-state index is 0.00197. The fraction of sp³-hybridized carbons (Fsp3) is 0.435. The number of benzene rings is 1. The number of amides is 1. The van der Waals surface area contributed by atoms with Gasteiger partial charge in [0.2, 0.25) is 5.91 Å². The molecule has 0 bridgehead atoms. The molecule has 2 aromatic heterocycles. The maximum Gasteiger partial charge on any atom is 0.230 e. The van der Waals surface area contributed by atoms with Crippen molar-refractivity contribution in [3.8, 4) is 0 Å². The van der Waals surface area contributed by atoms with Gasteiger partial charge in [0, 0.05) is 10.9 Å². The molecule has 4 rings (SSSR count). The van der Waals surface area contributed by atoms with Crippen molar-refractivity contribution < 1.29 is 4.79 Å². The van der Waals surface area contributed by atoms with Crippen LogP contribution >= 0.6 is 23.1 Å². The summed E-state index contributed by atoms with van der Waals surface area (Å²) in [6.45, 7) is 4.34. The predicted molar refractivity (Wildman–Crippen MR) is 126 cm³/mol. The van der Waals surface area contributed by atoms with Crippen LogP contribution in [-0.4, -0.2) is 27.7 Å². The van der Waals surface area contributed by atoms with Crippen molar-refractivity contribution in [1.82, 2.24) is 15.3 Å². The highest BCUT2D eigenvalue weighted by atomic mass is 32.2. The molecule has 0 unspecified atom stereocenters. The zero-order chi connectivity index (χ0) is 21.1. The van der Waals surface area contributed by atoms with Gasteiger partial charge in [0.15, 0.2) is 5.16 Å². The first-order valence-electron chi connectivity index (χ1n) is 10.5. The molecular formula is C23H28N4OS2. The third-order valence-corrected chi connectivity index (χ3v) is 7.61. The van der Waals surface area contributed by atoms with E-state index in [1.54, 1.807) is 11.3 Å². The Balaban J connectivity index is 1.33. The van der Waals surface area contributed by atoms with Crippen LogP contribution in [0, 0.1) is 5.92 Å². The summed E-state index contributed by atoms with van der Waals surface area (Å²) in [4.78, 5) is 23.9. The molecule has 1 amide bonds. The monoisotopic (exact) mass is 440 g/mol. The SMILES string of the molecule is C[C@@H]1CCc2c(sc3nc(SCC(=O)N[C@@H](C)CCc4ccccc4)nc(N)c23)C1. The number of aryl methyl sites for hydroxylation is 2. The number of thioether (sulfide) groups is 1. The summed E-state index contributed by atoms with van der Waals surface area (Å²) in [6, 6.07) is 10.5. The lowest BCUT2D eigenvalue weighted by Crippen LogP contribution is -2.34. The number of nitrogen functional groups attached to an aromatic ring is 1. The van der Waals surface area contributed by atoms with Crippen LogP contribution in [0.25, 0.3) is 10.2 Å². The fourth-order valence-electron chi connectivity index (χ4n) is 3.96. The minimum absolute atomic E-state index is 0.00197. The van der Waals surface area contributed by atoms with Gasteiger partial charge in [0.1, 0.15) is 10.6 Å². The molecule has 0 saturated carbocycles. The number of anilines is 1. The standard InChI is InChI=1S/C23H28N4OS2/c1-14-8-11-17-18(12-14)30-22-20(17)21(24)26-23(27-22)29-13-19(28)25-15(2)9-10-16-6-4-3-5-7-16/h3-7,14-15H,8-13H2,1-2H3,(H,25,28)(H2,24,26,27)/t14-,15+/m1/s1. The second-order valence-electron chi connectivity index (χ2n) is 8.20. The summed E-state index contributed by atoms with van der Waals surface area (Å²) in [5.74, 6) is 1.55. The van der Waals surface area contributed by atoms with E-state index in [9.17, 15) is 4.79 Å². The van der Waals surface area contributed by atoms with Crippen molar-refractivity contribution in [3.05, 3.63) is 46.3 Å². The van der Waals surface area contributed by atoms with Gasteiger partial charge in [-0.25, -0.2) is 9.97 Å². The van der Waals surface area contributed by atoms with E-state index in [4.69, 9.17) is 10.7 Å². The number of aromatic nitrogens is 2. The highest BCUT2D eigenvalue weighted by molar-refractivity contribution is 7.99. The topological polar surface area (TPSA) is 80.9 Å². The number of carbonyl (C=O) groups is 1. The molecule has 5 nitrogen and oxygen atoms in total. The largest absolute Gasteiger partial charge is 0.383 e. The Labute approximate surface area is 185 Å². The maximum absolute atomic E-state index is 12.4. The molecule has 3 N–H and O–H groups in total. The molecule has 0 radical (unpaired) electrons. The Kier molecular flexibility index (Phi) is 6.58. The number of nitrogens with one attached hydrogen (secondary N) is 1. The minimum Gasteiger partial charge on any atom is -0.383 e. The maximum atomic E-state index is 12.4. The molecule has 1 aliphatic carbocycles. The van der Waals surface area contributed by atoms with Crippen LogP contribution in [0.5, 0.6) is 0 Å². The van der Waals surface area contributed by atoms with Crippen LogP contribution in [0.1, 0.15) is 42.7 Å². The number of nitrogens with zero attached hydrogens (tertiary/aromatic N) is 2. The normalized spacial score (nSPS) is 16.9. The number of hydrogen-bond acceptors (Lipinski definition) is 6. The molecule has 158 valence electrons. The number of fused-ring (bicyclic) bond motifs is 3. The van der Waals surface area contributed by atoms with Gasteiger partial charge in [-0.3, -0.25) is 4.79 Å². The number of rotatable bonds is 7. The third-order valence-electron chi connectivity index (χ3n) is 5.61. The molecular weight excluding hydrogens is 412 g/mol. The summed E-state index contributed by atoms with van der Waals surface area (Å²) >= 11 is 3.09. The summed E-state index contributed by atoms with van der Waals surface area (Å²) in [7, 11) is 0. The molecule has 0 spiro atoms. The van der Waals surface area contributed by atoms with Crippen molar-refractivity contribution in [1.29, 1.82) is 0 Å². The predicted octanol–water partition coefficient (Wildman–Crippen LogP) is 4.63. The second-order valence-corrected chi connectivity index (χ2v) is 10.2. The average molecular weight is 441 g/mol. The van der Waals surface area contributed by atoms with Crippen LogP contribution in [0.15, 0.2) is 35.5 Å². The quantitative estimate of drug-likeness (QED) is 0.414. The summed E-state index contributed by atoms with van der Waals surface area (Å²) in [6.07, 6.45) is 5.21. The number of carbonyl (C=O) groups excluding carboxylic acids is 1. The van der Waals surface area contributed by atoms with E-state index >= 15 is 0 Å². The average Bonchev–Trinajstić information content (AvgIpc) is 3.09. The van der Waals surface area contributed by atoms with E-state index in [-0.39, 0.29) is 11.9 Å². The molecule has 7 heteroatoms. The highest BCUT2D eigenvalue weighted by Gasteiger charge is 2.23. The molecule has 3 aromatic rings. The van der Waals surface area contributed by atoms with Gasteiger partial charge in [-0.2, -0.15) is 0 Å². The van der Waals surface area contributed by atoms with Crippen molar-refractivity contribution in [3.63, 3.8) is 0 Å². The molecule has 30 heavy (non-hydrogen) atoms. The highest BCUT2D eigenvalue weighted by Crippen LogP contribution is 2.39. The zero-order valence-electron chi connectivity index (χ0n) is 17.5. The van der Waals surface area contributed by atoms with Gasteiger partial charge in [0.25, 0.3) is 0 Å². The van der Waals surface area contributed by atoms with Gasteiger partial charge in [-0.15, -0.1) is 11.3 Å². The van der Waals surface area contributed by atoms with Gasteiger partial charge in [0.05, 0.1) is 11.1 Å². The van der Waals surface area contributed by atoms with Crippen LogP contribution in [0.4, 0.5) is 5.82 Å². The van der Waals surface area contributed by atoms with Gasteiger partial charge < -0.3 is 11.1 Å². The lowest BCUT2D eigenvalue weighted by molar-refractivity contribution is -0.119. The van der Waals surface area contributed by atoms with E-state index in [2.05, 4.69) is 29.4 Å². The van der Waals surface area contributed by atoms with E-state index in [1.165, 1.54) is 34.2 Å². The van der Waals surface area contributed by atoms with E-state index in [1.807, 2.05) is 25.1 Å². The number of thiophene rings is 1. The summed E-state index contributed by atoms with van der Waals surface area (Å²) in [5.41, 5.74) is 8.91. The van der Waals surface area contributed by atoms with E-state index in [0.29, 0.717) is 22.6 Å². The molecule has 2 atom stereocenters. The smallest absolute Gasteiger partial charge is 0.230 e. The van der Waals surface area contributed by atoms with Crippen molar-refractivity contribution >= 4 is 45.0 Å². The Morgan fingerprint density at radius 3 is 2.93 bits per heavy atom. The molecule has 2 heterocycles. The number of nitrogens with two attached hydrogens (primary N) is 1. The second kappa shape index (κ2) is 9.35. The zero-order valence-corrected chi connectivity index (χ0v) is 19.1. The first-order valence-corrected chi connectivity index (χ1v) is 12.3. The lowest BCUT2D eigenvalue weighted by Gasteiger charge is -2.17. The first-order chi connectivity index (χ1) is 14.5. The lowest BCUT2D eigenvalue weighted by atomic mass is 9.89. The van der Waals surface area contributed by atoms with E-state index in [0.717, 1.165) is 35.9 Å². The Hall–Kier alpha value is -2.12. The Bertz CT molecular complexity index is 1030. The van der Waals surface area contributed by atoms with Crippen LogP contribution in [0.2, 0.25) is 0 Å². The van der Waals surface area contributed by atoms with Gasteiger partial charge in [-0.1, -0.05) is 49.0 Å².